The van der Waals surface area contributed by atoms with Gasteiger partial charge in [-0.15, -0.1) is 0 Å². The van der Waals surface area contributed by atoms with Crippen LogP contribution in [0.1, 0.15) is 0 Å². The van der Waals surface area contributed by atoms with Gasteiger partial charge in [-0.3, -0.25) is 0 Å². The Balaban J connectivity index is 2.57. The van der Waals surface area contributed by atoms with Gasteiger partial charge < -0.3 is 10.3 Å². The largest absolute Gasteiger partial charge is 0.399 e. The Morgan fingerprint density at radius 3 is 2.92 bits per heavy atom. The average molecular weight is 196 g/mol. The van der Waals surface area contributed by atoms with E-state index in [0.29, 0.717) is 22.2 Å². The number of hydrogen-bond acceptors (Lipinski definition) is 4. The van der Waals surface area contributed by atoms with E-state index in [1.807, 2.05) is 0 Å². The molecule has 0 aliphatic rings. The highest BCUT2D eigenvalue weighted by molar-refractivity contribution is 6.33. The molecular formula is C8H6ClN3O. The lowest BCUT2D eigenvalue weighted by Gasteiger charge is -1.99. The minimum Gasteiger partial charge on any atom is -0.399 e. The number of anilines is 1. The van der Waals surface area contributed by atoms with Gasteiger partial charge in [0.25, 0.3) is 5.89 Å². The molecule has 0 fully saturated rings. The Bertz CT molecular complexity index is 413. The Hall–Kier alpha value is -1.55. The Morgan fingerprint density at radius 1 is 1.38 bits per heavy atom. The number of hydrogen-bond donors (Lipinski definition) is 1. The van der Waals surface area contributed by atoms with E-state index in [1.165, 1.54) is 6.33 Å². The molecule has 2 aromatic rings. The zero-order valence-corrected chi connectivity index (χ0v) is 7.32. The van der Waals surface area contributed by atoms with E-state index in [-0.39, 0.29) is 0 Å². The van der Waals surface area contributed by atoms with Gasteiger partial charge in [0.05, 0.1) is 10.6 Å². The van der Waals surface area contributed by atoms with Crippen LogP contribution < -0.4 is 5.73 Å². The van der Waals surface area contributed by atoms with Crippen LogP contribution in [0.4, 0.5) is 5.69 Å². The zero-order valence-electron chi connectivity index (χ0n) is 6.57. The molecule has 13 heavy (non-hydrogen) atoms. The maximum atomic E-state index is 5.90. The van der Waals surface area contributed by atoms with Crippen molar-refractivity contribution in [1.29, 1.82) is 0 Å². The first-order valence-corrected chi connectivity index (χ1v) is 3.97. The fraction of sp³-hybridized carbons (Fsp3) is 0. The quantitative estimate of drug-likeness (QED) is 0.707. The van der Waals surface area contributed by atoms with E-state index in [9.17, 15) is 0 Å². The second-order valence-electron chi connectivity index (χ2n) is 2.49. The van der Waals surface area contributed by atoms with Crippen molar-refractivity contribution >= 4 is 17.3 Å². The first-order valence-electron chi connectivity index (χ1n) is 3.59. The molecule has 2 rings (SSSR count). The van der Waals surface area contributed by atoms with Crippen LogP contribution in [0, 0.1) is 0 Å². The molecule has 0 saturated carbocycles. The van der Waals surface area contributed by atoms with Crippen molar-refractivity contribution in [3.05, 3.63) is 29.5 Å². The molecule has 1 heterocycles. The number of benzene rings is 1. The lowest BCUT2D eigenvalue weighted by Crippen LogP contribution is -1.86. The normalized spacial score (nSPS) is 10.2. The first-order chi connectivity index (χ1) is 6.27. The minimum absolute atomic E-state index is 0.373. The van der Waals surface area contributed by atoms with Crippen molar-refractivity contribution < 1.29 is 4.52 Å². The van der Waals surface area contributed by atoms with Gasteiger partial charge >= 0.3 is 0 Å². The summed E-state index contributed by atoms with van der Waals surface area (Å²) in [6.07, 6.45) is 1.31. The van der Waals surface area contributed by atoms with Gasteiger partial charge in [0, 0.05) is 5.69 Å². The van der Waals surface area contributed by atoms with E-state index < -0.39 is 0 Å². The lowest BCUT2D eigenvalue weighted by molar-refractivity contribution is 0.430. The first kappa shape index (κ1) is 8.07. The van der Waals surface area contributed by atoms with Crippen LogP contribution in [-0.2, 0) is 0 Å². The molecular weight excluding hydrogens is 190 g/mol. The van der Waals surface area contributed by atoms with Gasteiger partial charge in [-0.05, 0) is 18.2 Å². The summed E-state index contributed by atoms with van der Waals surface area (Å²) in [6, 6.07) is 5.09. The lowest BCUT2D eigenvalue weighted by atomic mass is 10.2. The highest BCUT2D eigenvalue weighted by Gasteiger charge is 2.08. The van der Waals surface area contributed by atoms with Crippen molar-refractivity contribution in [1.82, 2.24) is 10.1 Å². The highest BCUT2D eigenvalue weighted by Crippen LogP contribution is 2.27. The third-order valence-electron chi connectivity index (χ3n) is 1.58. The molecule has 66 valence electrons. The Kier molecular flexibility index (Phi) is 1.90. The summed E-state index contributed by atoms with van der Waals surface area (Å²) in [7, 11) is 0. The van der Waals surface area contributed by atoms with Crippen molar-refractivity contribution in [3.63, 3.8) is 0 Å². The van der Waals surface area contributed by atoms with Gasteiger partial charge in [0.1, 0.15) is 0 Å². The zero-order chi connectivity index (χ0) is 9.26. The molecule has 2 N–H and O–H groups in total. The SMILES string of the molecule is Nc1ccc(Cl)c(-c2ncno2)c1. The van der Waals surface area contributed by atoms with Crippen LogP contribution in [0.5, 0.6) is 0 Å². The van der Waals surface area contributed by atoms with Crippen molar-refractivity contribution in [2.45, 2.75) is 0 Å². The van der Waals surface area contributed by atoms with Gasteiger partial charge in [-0.1, -0.05) is 16.8 Å². The summed E-state index contributed by atoms with van der Waals surface area (Å²) < 4.78 is 4.85. The molecule has 0 radical (unpaired) electrons. The summed E-state index contributed by atoms with van der Waals surface area (Å²) in [5.41, 5.74) is 6.85. The standard InChI is InChI=1S/C8H6ClN3O/c9-7-2-1-5(10)3-6(7)8-11-4-12-13-8/h1-4H,10H2. The second-order valence-corrected chi connectivity index (χ2v) is 2.89. The topological polar surface area (TPSA) is 64.9 Å². The third-order valence-corrected chi connectivity index (χ3v) is 1.91. The summed E-state index contributed by atoms with van der Waals surface area (Å²) in [4.78, 5) is 3.87. The molecule has 0 atom stereocenters. The molecule has 0 aliphatic carbocycles. The molecule has 0 aliphatic heterocycles. The summed E-state index contributed by atoms with van der Waals surface area (Å²) in [5.74, 6) is 0.373. The third kappa shape index (κ3) is 1.48. The molecule has 0 saturated heterocycles. The fourth-order valence-corrected chi connectivity index (χ4v) is 1.20. The molecule has 4 nitrogen and oxygen atoms in total. The van der Waals surface area contributed by atoms with Crippen LogP contribution in [0.25, 0.3) is 11.5 Å². The van der Waals surface area contributed by atoms with Crippen LogP contribution in [-0.4, -0.2) is 10.1 Å². The molecule has 0 spiro atoms. The maximum Gasteiger partial charge on any atom is 0.259 e. The number of nitrogen functional groups attached to an aromatic ring is 1. The van der Waals surface area contributed by atoms with Crippen molar-refractivity contribution in [3.8, 4) is 11.5 Å². The molecule has 0 unspecified atom stereocenters. The van der Waals surface area contributed by atoms with Gasteiger partial charge in [0.2, 0.25) is 0 Å². The van der Waals surface area contributed by atoms with E-state index >= 15 is 0 Å². The number of nitrogens with zero attached hydrogens (tertiary/aromatic N) is 2. The van der Waals surface area contributed by atoms with Gasteiger partial charge in [-0.25, -0.2) is 0 Å². The van der Waals surface area contributed by atoms with E-state index in [2.05, 4.69) is 10.1 Å². The number of rotatable bonds is 1. The molecule has 0 amide bonds. The monoisotopic (exact) mass is 195 g/mol. The van der Waals surface area contributed by atoms with Crippen LogP contribution in [0.3, 0.4) is 0 Å². The number of nitrogens with two attached hydrogens (primary N) is 1. The predicted molar refractivity (Wildman–Crippen MR) is 49.2 cm³/mol. The van der Waals surface area contributed by atoms with Crippen LogP contribution in [0.15, 0.2) is 29.0 Å². The number of halogens is 1. The fourth-order valence-electron chi connectivity index (χ4n) is 0.999. The molecule has 1 aromatic heterocycles. The van der Waals surface area contributed by atoms with Crippen LogP contribution in [0.2, 0.25) is 5.02 Å². The van der Waals surface area contributed by atoms with Crippen molar-refractivity contribution in [2.75, 3.05) is 5.73 Å². The molecule has 1 aromatic carbocycles. The second kappa shape index (κ2) is 3.06. The van der Waals surface area contributed by atoms with E-state index in [4.69, 9.17) is 21.9 Å². The van der Waals surface area contributed by atoms with E-state index in [1.54, 1.807) is 18.2 Å². The predicted octanol–water partition coefficient (Wildman–Crippen LogP) is 1.97. The molecule has 5 heteroatoms. The van der Waals surface area contributed by atoms with E-state index in [0.717, 1.165) is 0 Å². The average Bonchev–Trinajstić information content (AvgIpc) is 2.61. The number of aromatic nitrogens is 2. The van der Waals surface area contributed by atoms with Gasteiger partial charge in [-0.2, -0.15) is 4.98 Å². The van der Waals surface area contributed by atoms with Crippen LogP contribution >= 0.6 is 11.6 Å². The Morgan fingerprint density at radius 2 is 2.23 bits per heavy atom. The van der Waals surface area contributed by atoms with Crippen molar-refractivity contribution in [2.24, 2.45) is 0 Å². The highest BCUT2D eigenvalue weighted by atomic mass is 35.5. The minimum atomic E-state index is 0.373. The molecule has 0 bridgehead atoms. The summed E-state index contributed by atoms with van der Waals surface area (Å²) >= 11 is 5.90. The maximum absolute atomic E-state index is 5.90. The smallest absolute Gasteiger partial charge is 0.259 e. The summed E-state index contributed by atoms with van der Waals surface area (Å²) in [6.45, 7) is 0. The van der Waals surface area contributed by atoms with Gasteiger partial charge in [0.15, 0.2) is 6.33 Å². The Labute approximate surface area is 79.3 Å². The summed E-state index contributed by atoms with van der Waals surface area (Å²) in [5, 5.41) is 4.02.